The Kier molecular flexibility index (Phi) is 10.7. The summed E-state index contributed by atoms with van der Waals surface area (Å²) in [5.74, 6) is -0.568. The maximum Gasteiger partial charge on any atom is 0.242 e. The summed E-state index contributed by atoms with van der Waals surface area (Å²) in [5.41, 5.74) is 0.750. The number of nitrogens with one attached hydrogen (secondary N) is 1. The van der Waals surface area contributed by atoms with Crippen LogP contribution in [-0.4, -0.2) is 57.1 Å². The topological polar surface area (TPSA) is 96.0 Å². The molecule has 0 bridgehead atoms. The van der Waals surface area contributed by atoms with Gasteiger partial charge >= 0.3 is 0 Å². The molecule has 0 saturated carbocycles. The van der Waals surface area contributed by atoms with Crippen LogP contribution in [0.25, 0.3) is 0 Å². The number of anilines is 1. The van der Waals surface area contributed by atoms with Crippen molar-refractivity contribution >= 4 is 27.5 Å². The highest BCUT2D eigenvalue weighted by atomic mass is 32.2. The average Bonchev–Trinajstić information content (AvgIpc) is 2.84. The number of ether oxygens (including phenoxy) is 1. The third-order valence-electron chi connectivity index (χ3n) is 5.98. The third kappa shape index (κ3) is 8.22. The lowest BCUT2D eigenvalue weighted by Gasteiger charge is -2.30. The highest BCUT2D eigenvalue weighted by Gasteiger charge is 2.28. The van der Waals surface area contributed by atoms with Crippen LogP contribution >= 0.6 is 0 Å². The van der Waals surface area contributed by atoms with Crippen molar-refractivity contribution in [1.82, 2.24) is 10.2 Å². The molecule has 2 aromatic carbocycles. The summed E-state index contributed by atoms with van der Waals surface area (Å²) in [6.45, 7) is 5.41. The Morgan fingerprint density at radius 2 is 1.72 bits per heavy atom. The number of hydrogen-bond acceptors (Lipinski definition) is 5. The number of nitrogens with zero attached hydrogens (tertiary/aromatic N) is 2. The van der Waals surface area contributed by atoms with Gasteiger partial charge < -0.3 is 15.0 Å². The number of amides is 2. The van der Waals surface area contributed by atoms with Gasteiger partial charge in [-0.3, -0.25) is 13.9 Å². The highest BCUT2D eigenvalue weighted by molar-refractivity contribution is 7.92. The summed E-state index contributed by atoms with van der Waals surface area (Å²) in [6, 6.07) is 11.8. The van der Waals surface area contributed by atoms with Gasteiger partial charge in [0.05, 0.1) is 19.1 Å². The first kappa shape index (κ1) is 29.1. The normalized spacial score (nSPS) is 12.9. The van der Waals surface area contributed by atoms with E-state index in [-0.39, 0.29) is 43.8 Å². The molecule has 198 valence electrons. The van der Waals surface area contributed by atoms with Crippen LogP contribution in [0.1, 0.15) is 45.6 Å². The Hall–Kier alpha value is -3.14. The zero-order valence-electron chi connectivity index (χ0n) is 21.5. The van der Waals surface area contributed by atoms with E-state index in [9.17, 15) is 22.4 Å². The maximum absolute atomic E-state index is 14.4. The quantitative estimate of drug-likeness (QED) is 0.434. The van der Waals surface area contributed by atoms with Crippen molar-refractivity contribution in [2.24, 2.45) is 0 Å². The van der Waals surface area contributed by atoms with Gasteiger partial charge in [0.25, 0.3) is 0 Å². The molecule has 0 saturated heterocycles. The molecular formula is C26H36FN3O5S. The Morgan fingerprint density at radius 3 is 2.28 bits per heavy atom. The molecule has 2 aromatic rings. The molecule has 36 heavy (non-hydrogen) atoms. The van der Waals surface area contributed by atoms with Crippen LogP contribution in [0.3, 0.4) is 0 Å². The first-order chi connectivity index (χ1) is 17.0. The summed E-state index contributed by atoms with van der Waals surface area (Å²) >= 11 is 0. The van der Waals surface area contributed by atoms with E-state index < -0.39 is 21.9 Å². The molecule has 0 radical (unpaired) electrons. The van der Waals surface area contributed by atoms with Crippen molar-refractivity contribution in [3.05, 3.63) is 59.9 Å². The number of carbonyl (C=O) groups excluding carboxylic acids is 2. The second-order valence-electron chi connectivity index (χ2n) is 8.74. The van der Waals surface area contributed by atoms with Gasteiger partial charge in [-0.2, -0.15) is 0 Å². The fraction of sp³-hybridized carbons (Fsp3) is 0.462. The van der Waals surface area contributed by atoms with Crippen LogP contribution in [0.15, 0.2) is 48.5 Å². The first-order valence-corrected chi connectivity index (χ1v) is 13.8. The summed E-state index contributed by atoms with van der Waals surface area (Å²) < 4.78 is 45.5. The number of carbonyl (C=O) groups is 2. The van der Waals surface area contributed by atoms with Gasteiger partial charge in [0.15, 0.2) is 0 Å². The fourth-order valence-electron chi connectivity index (χ4n) is 3.61. The van der Waals surface area contributed by atoms with Crippen LogP contribution < -0.4 is 14.4 Å². The average molecular weight is 522 g/mol. The number of rotatable bonds is 13. The molecule has 2 atom stereocenters. The number of benzene rings is 2. The van der Waals surface area contributed by atoms with Crippen LogP contribution in [0, 0.1) is 5.82 Å². The maximum atomic E-state index is 14.4. The molecule has 8 nitrogen and oxygen atoms in total. The molecule has 0 aliphatic heterocycles. The van der Waals surface area contributed by atoms with E-state index in [1.807, 2.05) is 13.8 Å². The van der Waals surface area contributed by atoms with E-state index >= 15 is 0 Å². The van der Waals surface area contributed by atoms with Crippen molar-refractivity contribution in [1.29, 1.82) is 0 Å². The molecule has 0 unspecified atom stereocenters. The van der Waals surface area contributed by atoms with Crippen LogP contribution in [0.4, 0.5) is 10.1 Å². The molecule has 0 spiro atoms. The van der Waals surface area contributed by atoms with Crippen molar-refractivity contribution < 1.29 is 27.1 Å². The smallest absolute Gasteiger partial charge is 0.242 e. The van der Waals surface area contributed by atoms with Crippen molar-refractivity contribution in [3.63, 3.8) is 0 Å². The van der Waals surface area contributed by atoms with Gasteiger partial charge in [-0.15, -0.1) is 0 Å². The number of hydrogen-bond donors (Lipinski definition) is 1. The van der Waals surface area contributed by atoms with E-state index in [1.165, 1.54) is 22.4 Å². The summed E-state index contributed by atoms with van der Waals surface area (Å²) in [6.07, 6.45) is 2.03. The molecule has 0 aliphatic rings. The second-order valence-corrected chi connectivity index (χ2v) is 10.7. The van der Waals surface area contributed by atoms with Crippen LogP contribution in [0.2, 0.25) is 0 Å². The summed E-state index contributed by atoms with van der Waals surface area (Å²) in [7, 11) is -2.08. The molecule has 0 fully saturated rings. The van der Waals surface area contributed by atoms with Gasteiger partial charge in [0, 0.05) is 31.1 Å². The second kappa shape index (κ2) is 13.2. The summed E-state index contributed by atoms with van der Waals surface area (Å²) in [4.78, 5) is 27.4. The minimum absolute atomic E-state index is 0.0163. The zero-order chi connectivity index (χ0) is 26.9. The Morgan fingerprint density at radius 1 is 1.08 bits per heavy atom. The van der Waals surface area contributed by atoms with Gasteiger partial charge in [0.2, 0.25) is 21.8 Å². The van der Waals surface area contributed by atoms with Crippen LogP contribution in [-0.2, 0) is 26.2 Å². The predicted octanol–water partition coefficient (Wildman–Crippen LogP) is 3.71. The standard InChI is InChI=1S/C26H36FN3O5S/c1-6-19(2)28-26(32)20(3)29(18-21-10-7-8-11-24(21)27)25(31)12-9-17-30(36(5,33)34)22-13-15-23(35-4)16-14-22/h7-8,10-11,13-16,19-20H,6,9,12,17-18H2,1-5H3,(H,28,32)/t19-,20+/m0/s1. The number of sulfonamides is 1. The van der Waals surface area contributed by atoms with Gasteiger partial charge in [0.1, 0.15) is 17.6 Å². The van der Waals surface area contributed by atoms with Crippen LogP contribution in [0.5, 0.6) is 5.75 Å². The summed E-state index contributed by atoms with van der Waals surface area (Å²) in [5, 5.41) is 2.87. The van der Waals surface area contributed by atoms with Gasteiger partial charge in [-0.25, -0.2) is 12.8 Å². The Bertz CT molecular complexity index is 1120. The molecule has 2 rings (SSSR count). The Balaban J connectivity index is 2.18. The van der Waals surface area contributed by atoms with Crippen molar-refractivity contribution in [2.75, 3.05) is 24.2 Å². The minimum Gasteiger partial charge on any atom is -0.497 e. The SMILES string of the molecule is CC[C@H](C)NC(=O)[C@@H](C)N(Cc1ccccc1F)C(=O)CCCN(c1ccc(OC)cc1)S(C)(=O)=O. The lowest BCUT2D eigenvalue weighted by molar-refractivity contribution is -0.141. The molecule has 0 aliphatic carbocycles. The molecule has 1 N–H and O–H groups in total. The molecule has 10 heteroatoms. The van der Waals surface area contributed by atoms with E-state index in [4.69, 9.17) is 4.74 Å². The first-order valence-electron chi connectivity index (χ1n) is 11.9. The predicted molar refractivity (Wildman–Crippen MR) is 139 cm³/mol. The van der Waals surface area contributed by atoms with E-state index in [2.05, 4.69) is 5.32 Å². The fourth-order valence-corrected chi connectivity index (χ4v) is 4.58. The highest BCUT2D eigenvalue weighted by Crippen LogP contribution is 2.22. The molecule has 0 aromatic heterocycles. The zero-order valence-corrected chi connectivity index (χ0v) is 22.3. The number of methoxy groups -OCH3 is 1. The lowest BCUT2D eigenvalue weighted by atomic mass is 10.1. The Labute approximate surface area is 213 Å². The third-order valence-corrected chi connectivity index (χ3v) is 7.17. The van der Waals surface area contributed by atoms with E-state index in [0.29, 0.717) is 17.0 Å². The molecule has 0 heterocycles. The van der Waals surface area contributed by atoms with Crippen molar-refractivity contribution in [3.8, 4) is 5.75 Å². The molecular weight excluding hydrogens is 485 g/mol. The molecule has 2 amide bonds. The van der Waals surface area contributed by atoms with E-state index in [1.54, 1.807) is 49.4 Å². The largest absolute Gasteiger partial charge is 0.497 e. The minimum atomic E-state index is -3.60. The van der Waals surface area contributed by atoms with E-state index in [0.717, 1.165) is 12.7 Å². The lowest BCUT2D eigenvalue weighted by Crippen LogP contribution is -2.49. The van der Waals surface area contributed by atoms with Crippen molar-refractivity contribution in [2.45, 2.75) is 58.7 Å². The van der Waals surface area contributed by atoms with Gasteiger partial charge in [-0.05, 0) is 57.0 Å². The monoisotopic (exact) mass is 521 g/mol. The van der Waals surface area contributed by atoms with Gasteiger partial charge in [-0.1, -0.05) is 25.1 Å². The number of halogens is 1.